The summed E-state index contributed by atoms with van der Waals surface area (Å²) >= 11 is 0. The van der Waals surface area contributed by atoms with Gasteiger partial charge in [-0.3, -0.25) is 19.2 Å². The van der Waals surface area contributed by atoms with E-state index in [1.807, 2.05) is 42.5 Å². The lowest BCUT2D eigenvalue weighted by molar-refractivity contribution is -0.121. The van der Waals surface area contributed by atoms with E-state index in [-0.39, 0.29) is 34.9 Å². The number of aromatic nitrogens is 1. The Morgan fingerprint density at radius 2 is 1.30 bits per heavy atom. The quantitative estimate of drug-likeness (QED) is 0.120. The highest BCUT2D eigenvalue weighted by molar-refractivity contribution is 7.90. The van der Waals surface area contributed by atoms with E-state index in [1.54, 1.807) is 91.0 Å². The fourth-order valence-corrected chi connectivity index (χ4v) is 7.90. The van der Waals surface area contributed by atoms with Crippen molar-refractivity contribution in [1.29, 1.82) is 0 Å². The molecule has 1 aliphatic carbocycles. The van der Waals surface area contributed by atoms with E-state index >= 15 is 0 Å². The molecular formula is C53H70N4O6S. The SMILES string of the molecule is CC(C)(C)C.CC(C)(C)C.CNC(=O)/C=C/c1cccc(S(=O)(=O)n2ccc3ccccc32)c1.CNC(=O)c1ccc(CN(CC(=O)CC2CCCCC2)C(=O)c2ccccc2)cc1. The van der Waals surface area contributed by atoms with Gasteiger partial charge in [0.25, 0.3) is 21.8 Å². The molecular weight excluding hydrogens is 821 g/mol. The molecule has 0 saturated heterocycles. The van der Waals surface area contributed by atoms with Crippen LogP contribution >= 0.6 is 0 Å². The Morgan fingerprint density at radius 3 is 1.89 bits per heavy atom. The monoisotopic (exact) mass is 891 g/mol. The first kappa shape index (κ1) is 52.5. The number of para-hydroxylation sites is 1. The van der Waals surface area contributed by atoms with Gasteiger partial charge >= 0.3 is 0 Å². The summed E-state index contributed by atoms with van der Waals surface area (Å²) in [6.07, 6.45) is 10.9. The molecule has 0 atom stereocenters. The molecule has 1 fully saturated rings. The highest BCUT2D eigenvalue weighted by Crippen LogP contribution is 2.27. The van der Waals surface area contributed by atoms with Crippen LogP contribution < -0.4 is 10.6 Å². The van der Waals surface area contributed by atoms with Crippen LogP contribution in [0.3, 0.4) is 0 Å². The van der Waals surface area contributed by atoms with Crippen molar-refractivity contribution in [3.8, 4) is 0 Å². The van der Waals surface area contributed by atoms with Gasteiger partial charge in [-0.05, 0) is 82.5 Å². The maximum atomic E-state index is 13.1. The highest BCUT2D eigenvalue weighted by Gasteiger charge is 2.23. The number of rotatable bonds is 12. The second-order valence-corrected chi connectivity index (χ2v) is 21.1. The molecule has 344 valence electrons. The Kier molecular flexibility index (Phi) is 20.4. The molecule has 0 radical (unpaired) electrons. The van der Waals surface area contributed by atoms with Crippen molar-refractivity contribution in [2.24, 2.45) is 16.7 Å². The zero-order valence-electron chi connectivity index (χ0n) is 39.6. The fourth-order valence-electron chi connectivity index (χ4n) is 6.49. The molecule has 2 N–H and O–H groups in total. The first-order valence-electron chi connectivity index (χ1n) is 22.1. The van der Waals surface area contributed by atoms with E-state index in [0.29, 0.717) is 51.9 Å². The standard InChI is InChI=1S/C25H30N2O3.C18H16N2O3S.2C5H12/c1-26-24(29)21-14-12-20(13-15-21)17-27(25(30)22-10-6-3-7-11-22)18-23(28)16-19-8-4-2-5-9-19;1-19-18(21)10-9-14-5-4-7-16(13-14)24(22,23)20-12-11-15-6-2-3-8-17(15)20;2*1-5(2,3)4/h3,6-7,10-15,19H,2,4-5,8-9,16-18H2,1H3,(H,26,29);2-13H,1H3,(H,19,21);2*1-4H3/b;10-9+;;. The van der Waals surface area contributed by atoms with Gasteiger partial charge in [0.05, 0.1) is 17.0 Å². The maximum absolute atomic E-state index is 13.1. The van der Waals surface area contributed by atoms with Crippen LogP contribution in [-0.4, -0.2) is 61.4 Å². The van der Waals surface area contributed by atoms with Crippen molar-refractivity contribution in [3.05, 3.63) is 144 Å². The van der Waals surface area contributed by atoms with Crippen molar-refractivity contribution >= 4 is 50.5 Å². The fraction of sp³-hybridized carbons (Fsp3) is 0.396. The van der Waals surface area contributed by atoms with Crippen molar-refractivity contribution in [2.75, 3.05) is 20.6 Å². The minimum absolute atomic E-state index is 0.113. The third kappa shape index (κ3) is 18.9. The normalized spacial score (nSPS) is 13.0. The molecule has 5 aromatic rings. The average Bonchev–Trinajstić information content (AvgIpc) is 3.70. The van der Waals surface area contributed by atoms with Gasteiger partial charge in [0.15, 0.2) is 5.78 Å². The van der Waals surface area contributed by atoms with E-state index in [0.717, 1.165) is 23.8 Å². The molecule has 1 aromatic heterocycles. The van der Waals surface area contributed by atoms with E-state index in [2.05, 4.69) is 66.0 Å². The highest BCUT2D eigenvalue weighted by atomic mass is 32.2. The van der Waals surface area contributed by atoms with Crippen LogP contribution in [0.4, 0.5) is 0 Å². The van der Waals surface area contributed by atoms with Gasteiger partial charge in [-0.2, -0.15) is 0 Å². The van der Waals surface area contributed by atoms with Crippen molar-refractivity contribution in [2.45, 2.75) is 105 Å². The van der Waals surface area contributed by atoms with Gasteiger partial charge < -0.3 is 15.5 Å². The molecule has 0 aliphatic heterocycles. The predicted octanol–water partition coefficient (Wildman–Crippen LogP) is 11.0. The summed E-state index contributed by atoms with van der Waals surface area (Å²) in [5, 5.41) is 5.93. The first-order chi connectivity index (χ1) is 30.1. The lowest BCUT2D eigenvalue weighted by atomic mass is 9.86. The van der Waals surface area contributed by atoms with Crippen LogP contribution in [0.2, 0.25) is 0 Å². The second kappa shape index (κ2) is 24.9. The molecule has 64 heavy (non-hydrogen) atoms. The van der Waals surface area contributed by atoms with Crippen LogP contribution in [0.1, 0.15) is 126 Å². The summed E-state index contributed by atoms with van der Waals surface area (Å²) < 4.78 is 27.1. The van der Waals surface area contributed by atoms with Crippen LogP contribution in [-0.2, 0) is 26.2 Å². The molecule has 1 saturated carbocycles. The number of likely N-dealkylation sites (N-methyl/N-ethyl adjacent to an activating group) is 1. The summed E-state index contributed by atoms with van der Waals surface area (Å²) in [4.78, 5) is 50.7. The van der Waals surface area contributed by atoms with Gasteiger partial charge in [-0.1, -0.05) is 148 Å². The minimum Gasteiger partial charge on any atom is -0.356 e. The Morgan fingerprint density at radius 1 is 0.703 bits per heavy atom. The Labute approximate surface area is 382 Å². The summed E-state index contributed by atoms with van der Waals surface area (Å²) in [6.45, 7) is 17.9. The van der Waals surface area contributed by atoms with Crippen LogP contribution in [0.5, 0.6) is 0 Å². The van der Waals surface area contributed by atoms with Gasteiger partial charge in [0.1, 0.15) is 0 Å². The number of nitrogens with one attached hydrogen (secondary N) is 2. The first-order valence-corrected chi connectivity index (χ1v) is 23.5. The van der Waals surface area contributed by atoms with E-state index in [1.165, 1.54) is 36.4 Å². The number of ketones is 1. The topological polar surface area (TPSA) is 135 Å². The Bertz CT molecular complexity index is 2380. The van der Waals surface area contributed by atoms with Gasteiger partial charge in [-0.15, -0.1) is 0 Å². The number of hydrogen-bond acceptors (Lipinski definition) is 6. The molecule has 0 spiro atoms. The molecule has 3 amide bonds. The summed E-state index contributed by atoms with van der Waals surface area (Å²) in [6, 6.07) is 31.8. The number of benzene rings is 4. The van der Waals surface area contributed by atoms with Crippen LogP contribution in [0, 0.1) is 16.7 Å². The van der Waals surface area contributed by atoms with E-state index in [4.69, 9.17) is 0 Å². The third-order valence-corrected chi connectivity index (χ3v) is 11.1. The molecule has 4 aromatic carbocycles. The van der Waals surface area contributed by atoms with Crippen molar-refractivity contribution < 1.29 is 27.6 Å². The van der Waals surface area contributed by atoms with E-state index < -0.39 is 10.0 Å². The van der Waals surface area contributed by atoms with Gasteiger partial charge in [-0.25, -0.2) is 12.4 Å². The predicted molar refractivity (Wildman–Crippen MR) is 262 cm³/mol. The Hall–Kier alpha value is -5.81. The molecule has 11 heteroatoms. The molecule has 1 heterocycles. The third-order valence-electron chi connectivity index (χ3n) is 9.39. The molecule has 6 rings (SSSR count). The Balaban J connectivity index is 0.000000285. The zero-order chi connectivity index (χ0) is 47.5. The van der Waals surface area contributed by atoms with Gasteiger partial charge in [0.2, 0.25) is 5.91 Å². The zero-order valence-corrected chi connectivity index (χ0v) is 40.4. The molecule has 10 nitrogen and oxygen atoms in total. The number of nitrogens with zero attached hydrogens (tertiary/aromatic N) is 2. The summed E-state index contributed by atoms with van der Waals surface area (Å²) in [7, 11) is -0.582. The maximum Gasteiger partial charge on any atom is 0.268 e. The van der Waals surface area contributed by atoms with Crippen molar-refractivity contribution in [3.63, 3.8) is 0 Å². The number of amides is 3. The molecule has 0 bridgehead atoms. The number of carbonyl (C=O) groups excluding carboxylic acids is 4. The number of hydrogen-bond donors (Lipinski definition) is 2. The largest absolute Gasteiger partial charge is 0.356 e. The number of fused-ring (bicyclic) bond motifs is 1. The summed E-state index contributed by atoms with van der Waals surface area (Å²) in [5.74, 6) is 0.0176. The lowest BCUT2D eigenvalue weighted by Gasteiger charge is -2.25. The second-order valence-electron chi connectivity index (χ2n) is 19.2. The minimum atomic E-state index is -3.71. The number of carbonyl (C=O) groups is 4. The average molecular weight is 891 g/mol. The molecule has 1 aliphatic rings. The smallest absolute Gasteiger partial charge is 0.268 e. The lowest BCUT2D eigenvalue weighted by Crippen LogP contribution is -2.36. The molecule has 0 unspecified atom stereocenters. The van der Waals surface area contributed by atoms with Crippen LogP contribution in [0.15, 0.2) is 126 Å². The summed E-state index contributed by atoms with van der Waals surface area (Å²) in [5.41, 5.74) is 4.29. The van der Waals surface area contributed by atoms with Gasteiger partial charge in [0, 0.05) is 55.8 Å². The van der Waals surface area contributed by atoms with E-state index in [9.17, 15) is 27.6 Å². The number of Topliss-reactive ketones (excluding diaryl/α,β-unsaturated/α-hetero) is 1. The van der Waals surface area contributed by atoms with Crippen molar-refractivity contribution in [1.82, 2.24) is 19.5 Å². The van der Waals surface area contributed by atoms with Crippen LogP contribution in [0.25, 0.3) is 17.0 Å².